The molecule has 0 bridgehead atoms. The minimum Gasteiger partial charge on any atom is -0.475 e. The van der Waals surface area contributed by atoms with Crippen LogP contribution in [0.4, 0.5) is 0 Å². The number of aliphatic imine (C=N–C) groups is 1. The van der Waals surface area contributed by atoms with Crippen molar-refractivity contribution in [2.45, 2.75) is 26.3 Å². The zero-order valence-corrected chi connectivity index (χ0v) is 19.4. The zero-order valence-electron chi connectivity index (χ0n) is 17.1. The lowest BCUT2D eigenvalue weighted by molar-refractivity contribution is 0.143. The number of nitrogens with one attached hydrogen (secondary N) is 2. The highest BCUT2D eigenvalue weighted by molar-refractivity contribution is 14.0. The van der Waals surface area contributed by atoms with Gasteiger partial charge in [-0.15, -0.1) is 24.0 Å². The highest BCUT2D eigenvalue weighted by Gasteiger charge is 2.08. The summed E-state index contributed by atoms with van der Waals surface area (Å²) in [6.07, 6.45) is 1.72. The van der Waals surface area contributed by atoms with Gasteiger partial charge in [0.25, 0.3) is 0 Å². The number of nitrogens with zero attached hydrogens (tertiary/aromatic N) is 2. The van der Waals surface area contributed by atoms with Crippen LogP contribution in [-0.4, -0.2) is 44.9 Å². The van der Waals surface area contributed by atoms with E-state index >= 15 is 0 Å². The average molecular weight is 498 g/mol. The fourth-order valence-electron chi connectivity index (χ4n) is 2.57. The number of methoxy groups -OCH3 is 1. The highest BCUT2D eigenvalue weighted by Crippen LogP contribution is 2.15. The van der Waals surface area contributed by atoms with Crippen molar-refractivity contribution in [3.63, 3.8) is 0 Å². The monoisotopic (exact) mass is 498 g/mol. The Morgan fingerprint density at radius 2 is 1.89 bits per heavy atom. The first kappa shape index (κ1) is 24.2. The first-order valence-electron chi connectivity index (χ1n) is 9.20. The molecule has 7 heteroatoms. The SMILES string of the molecule is CN=C(NCc1cccnc1OCCOC)NCC(C)c1ccc(C)cc1.I. The van der Waals surface area contributed by atoms with Gasteiger partial charge in [0.1, 0.15) is 6.61 Å². The van der Waals surface area contributed by atoms with Crippen LogP contribution >= 0.6 is 24.0 Å². The Labute approximate surface area is 185 Å². The van der Waals surface area contributed by atoms with Gasteiger partial charge in [-0.2, -0.15) is 0 Å². The number of rotatable bonds is 9. The Hall–Kier alpha value is -1.87. The molecule has 0 amide bonds. The maximum absolute atomic E-state index is 5.67. The molecule has 2 N–H and O–H groups in total. The van der Waals surface area contributed by atoms with E-state index in [1.165, 1.54) is 11.1 Å². The van der Waals surface area contributed by atoms with Crippen molar-refractivity contribution in [2.24, 2.45) is 4.99 Å². The summed E-state index contributed by atoms with van der Waals surface area (Å²) in [5.74, 6) is 1.75. The van der Waals surface area contributed by atoms with Gasteiger partial charge in [-0.25, -0.2) is 4.98 Å². The van der Waals surface area contributed by atoms with Crippen molar-refractivity contribution >= 4 is 29.9 Å². The summed E-state index contributed by atoms with van der Waals surface area (Å²) in [7, 11) is 3.42. The van der Waals surface area contributed by atoms with Gasteiger partial charge in [-0.3, -0.25) is 4.99 Å². The fourth-order valence-corrected chi connectivity index (χ4v) is 2.57. The van der Waals surface area contributed by atoms with Crippen molar-refractivity contribution in [3.05, 3.63) is 59.3 Å². The number of hydrogen-bond acceptors (Lipinski definition) is 4. The summed E-state index contributed by atoms with van der Waals surface area (Å²) in [6, 6.07) is 12.5. The molecule has 0 fully saturated rings. The molecule has 0 aliphatic rings. The third-order valence-corrected chi connectivity index (χ3v) is 4.27. The Balaban J connectivity index is 0.00000392. The summed E-state index contributed by atoms with van der Waals surface area (Å²) >= 11 is 0. The van der Waals surface area contributed by atoms with E-state index in [-0.39, 0.29) is 24.0 Å². The summed E-state index contributed by atoms with van der Waals surface area (Å²) in [4.78, 5) is 8.60. The summed E-state index contributed by atoms with van der Waals surface area (Å²) in [5, 5.41) is 6.70. The molecule has 2 aromatic rings. The molecular formula is C21H31IN4O2. The van der Waals surface area contributed by atoms with Gasteiger partial charge in [0.05, 0.1) is 6.61 Å². The van der Waals surface area contributed by atoms with Crippen molar-refractivity contribution in [1.82, 2.24) is 15.6 Å². The van der Waals surface area contributed by atoms with Crippen LogP contribution in [0.15, 0.2) is 47.6 Å². The van der Waals surface area contributed by atoms with E-state index in [0.717, 1.165) is 18.1 Å². The maximum atomic E-state index is 5.67. The van der Waals surface area contributed by atoms with Crippen LogP contribution in [0.3, 0.4) is 0 Å². The molecule has 6 nitrogen and oxygen atoms in total. The minimum atomic E-state index is 0. The van der Waals surface area contributed by atoms with E-state index in [4.69, 9.17) is 9.47 Å². The lowest BCUT2D eigenvalue weighted by atomic mass is 10.0. The van der Waals surface area contributed by atoms with E-state index in [0.29, 0.717) is 31.6 Å². The molecule has 1 unspecified atom stereocenters. The molecule has 0 aliphatic heterocycles. The predicted molar refractivity (Wildman–Crippen MR) is 125 cm³/mol. The first-order chi connectivity index (χ1) is 13.1. The highest BCUT2D eigenvalue weighted by atomic mass is 127. The normalized spacial score (nSPS) is 12.1. The van der Waals surface area contributed by atoms with E-state index in [2.05, 4.69) is 58.7 Å². The van der Waals surface area contributed by atoms with E-state index in [9.17, 15) is 0 Å². The minimum absolute atomic E-state index is 0. The van der Waals surface area contributed by atoms with Gasteiger partial charge < -0.3 is 20.1 Å². The van der Waals surface area contributed by atoms with Crippen molar-refractivity contribution in [3.8, 4) is 5.88 Å². The largest absolute Gasteiger partial charge is 0.475 e. The van der Waals surface area contributed by atoms with Crippen LogP contribution in [0.5, 0.6) is 5.88 Å². The second kappa shape index (κ2) is 13.3. The number of guanidine groups is 1. The molecule has 0 aliphatic carbocycles. The molecule has 0 saturated carbocycles. The first-order valence-corrected chi connectivity index (χ1v) is 9.20. The summed E-state index contributed by atoms with van der Waals surface area (Å²) in [6.45, 7) is 6.69. The fraction of sp³-hybridized carbons (Fsp3) is 0.429. The Morgan fingerprint density at radius 1 is 1.14 bits per heavy atom. The Morgan fingerprint density at radius 3 is 2.57 bits per heavy atom. The van der Waals surface area contributed by atoms with E-state index in [1.54, 1.807) is 20.4 Å². The smallest absolute Gasteiger partial charge is 0.218 e. The van der Waals surface area contributed by atoms with Crippen LogP contribution in [0.25, 0.3) is 0 Å². The number of aryl methyl sites for hydroxylation is 1. The maximum Gasteiger partial charge on any atom is 0.218 e. The summed E-state index contributed by atoms with van der Waals surface area (Å²) < 4.78 is 10.7. The van der Waals surface area contributed by atoms with Gasteiger partial charge in [-0.05, 0) is 24.5 Å². The lowest BCUT2D eigenvalue weighted by Gasteiger charge is -2.17. The molecule has 154 valence electrons. The Bertz CT molecular complexity index is 723. The molecular weight excluding hydrogens is 467 g/mol. The van der Waals surface area contributed by atoms with E-state index in [1.807, 2.05) is 12.1 Å². The molecule has 0 spiro atoms. The van der Waals surface area contributed by atoms with Crippen LogP contribution in [0.2, 0.25) is 0 Å². The second-order valence-corrected chi connectivity index (χ2v) is 6.43. The van der Waals surface area contributed by atoms with Gasteiger partial charge in [-0.1, -0.05) is 42.8 Å². The zero-order chi connectivity index (χ0) is 19.5. The molecule has 0 radical (unpaired) electrons. The number of pyridine rings is 1. The molecule has 1 aromatic carbocycles. The molecule has 0 saturated heterocycles. The van der Waals surface area contributed by atoms with Crippen LogP contribution in [0, 0.1) is 6.92 Å². The third kappa shape index (κ3) is 8.02. The second-order valence-electron chi connectivity index (χ2n) is 6.43. The third-order valence-electron chi connectivity index (χ3n) is 4.27. The van der Waals surface area contributed by atoms with Crippen LogP contribution in [-0.2, 0) is 11.3 Å². The van der Waals surface area contributed by atoms with Crippen LogP contribution < -0.4 is 15.4 Å². The molecule has 2 rings (SSSR count). The average Bonchev–Trinajstić information content (AvgIpc) is 2.69. The van der Waals surface area contributed by atoms with Gasteiger partial charge in [0, 0.05) is 39.0 Å². The quantitative estimate of drug-likeness (QED) is 0.240. The van der Waals surface area contributed by atoms with Crippen LogP contribution in [0.1, 0.15) is 29.5 Å². The lowest BCUT2D eigenvalue weighted by Crippen LogP contribution is -2.38. The summed E-state index contributed by atoms with van der Waals surface area (Å²) in [5.41, 5.74) is 3.56. The predicted octanol–water partition coefficient (Wildman–Crippen LogP) is 3.50. The van der Waals surface area contributed by atoms with Crippen molar-refractivity contribution in [1.29, 1.82) is 0 Å². The van der Waals surface area contributed by atoms with E-state index < -0.39 is 0 Å². The topological polar surface area (TPSA) is 67.8 Å². The van der Waals surface area contributed by atoms with Gasteiger partial charge in [0.2, 0.25) is 5.88 Å². The van der Waals surface area contributed by atoms with Gasteiger partial charge >= 0.3 is 0 Å². The number of benzene rings is 1. The molecule has 1 atom stereocenters. The van der Waals surface area contributed by atoms with Crippen molar-refractivity contribution < 1.29 is 9.47 Å². The van der Waals surface area contributed by atoms with Gasteiger partial charge in [0.15, 0.2) is 5.96 Å². The Kier molecular flexibility index (Phi) is 11.5. The standard InChI is InChI=1S/C21H30N4O2.HI/c1-16-7-9-18(10-8-16)17(2)14-24-21(22-3)25-15-19-6-5-11-23-20(19)27-13-12-26-4;/h5-11,17H,12-15H2,1-4H3,(H2,22,24,25);1H. The number of ether oxygens (including phenoxy) is 2. The number of aromatic nitrogens is 1. The molecule has 1 aromatic heterocycles. The number of halogens is 1. The molecule has 28 heavy (non-hydrogen) atoms. The number of hydrogen-bond donors (Lipinski definition) is 2. The van der Waals surface area contributed by atoms with Crippen molar-refractivity contribution in [2.75, 3.05) is 33.9 Å². The molecule has 1 heterocycles.